The third-order valence-corrected chi connectivity index (χ3v) is 6.62. The van der Waals surface area contributed by atoms with Crippen molar-refractivity contribution in [2.75, 3.05) is 10.6 Å². The molecule has 182 valence electrons. The van der Waals surface area contributed by atoms with Crippen molar-refractivity contribution in [3.8, 4) is 0 Å². The van der Waals surface area contributed by atoms with Gasteiger partial charge in [-0.15, -0.1) is 23.1 Å². The predicted octanol–water partition coefficient (Wildman–Crippen LogP) is 5.27. The van der Waals surface area contributed by atoms with Crippen LogP contribution in [0.1, 0.15) is 23.0 Å². The second-order valence-electron chi connectivity index (χ2n) is 7.46. The number of benzene rings is 2. The maximum absolute atomic E-state index is 13.0. The van der Waals surface area contributed by atoms with Crippen LogP contribution in [-0.4, -0.2) is 28.0 Å². The van der Waals surface area contributed by atoms with E-state index in [4.69, 9.17) is 4.42 Å². The summed E-state index contributed by atoms with van der Waals surface area (Å²) in [5.74, 6) is -0.646. The first kappa shape index (κ1) is 25.0. The molecule has 0 radical (unpaired) electrons. The Labute approximate surface area is 215 Å². The zero-order valence-corrected chi connectivity index (χ0v) is 20.8. The highest BCUT2D eigenvalue weighted by Crippen LogP contribution is 2.26. The van der Waals surface area contributed by atoms with Crippen LogP contribution in [0.2, 0.25) is 0 Å². The summed E-state index contributed by atoms with van der Waals surface area (Å²) in [5, 5.41) is 10.2. The molecule has 0 bridgehead atoms. The van der Waals surface area contributed by atoms with Crippen LogP contribution in [-0.2, 0) is 9.59 Å². The van der Waals surface area contributed by atoms with Crippen LogP contribution in [0.15, 0.2) is 99.6 Å². The van der Waals surface area contributed by atoms with E-state index in [-0.39, 0.29) is 16.9 Å². The molecule has 1 atom stereocenters. The topological polar surface area (TPSA) is 113 Å². The molecule has 36 heavy (non-hydrogen) atoms. The molecule has 0 fully saturated rings. The summed E-state index contributed by atoms with van der Waals surface area (Å²) < 4.78 is 5.31. The second-order valence-corrected chi connectivity index (χ2v) is 9.77. The minimum atomic E-state index is -0.507. The van der Waals surface area contributed by atoms with Gasteiger partial charge in [0.1, 0.15) is 11.5 Å². The summed E-state index contributed by atoms with van der Waals surface area (Å²) in [5.41, 5.74) is 0.985. The Bertz CT molecular complexity index is 1340. The third-order valence-electron chi connectivity index (χ3n) is 4.82. The van der Waals surface area contributed by atoms with E-state index in [0.29, 0.717) is 22.1 Å². The zero-order chi connectivity index (χ0) is 25.3. The van der Waals surface area contributed by atoms with Crippen molar-refractivity contribution in [1.82, 2.24) is 10.3 Å². The van der Waals surface area contributed by atoms with Gasteiger partial charge < -0.3 is 20.4 Å². The number of hydrogen-bond donors (Lipinski definition) is 3. The molecule has 2 aromatic carbocycles. The SMILES string of the molecule is C[C@H](Sc1ccc(NC(=O)/C(=C/c2ccco2)NC(=O)c2ccccc2)cc1)C(=O)Nc1nccs1. The van der Waals surface area contributed by atoms with Gasteiger partial charge in [0.15, 0.2) is 5.13 Å². The van der Waals surface area contributed by atoms with Crippen molar-refractivity contribution >= 4 is 57.7 Å². The quantitative estimate of drug-likeness (QED) is 0.206. The van der Waals surface area contributed by atoms with Crippen molar-refractivity contribution in [2.24, 2.45) is 0 Å². The van der Waals surface area contributed by atoms with Crippen LogP contribution < -0.4 is 16.0 Å². The summed E-state index contributed by atoms with van der Waals surface area (Å²) in [6.45, 7) is 1.81. The highest BCUT2D eigenvalue weighted by atomic mass is 32.2. The monoisotopic (exact) mass is 518 g/mol. The summed E-state index contributed by atoms with van der Waals surface area (Å²) in [6.07, 6.45) is 4.57. The van der Waals surface area contributed by atoms with Gasteiger partial charge in [0.2, 0.25) is 5.91 Å². The van der Waals surface area contributed by atoms with Crippen molar-refractivity contribution in [1.29, 1.82) is 0 Å². The average molecular weight is 519 g/mol. The number of nitrogens with zero attached hydrogens (tertiary/aromatic N) is 1. The molecule has 4 rings (SSSR count). The van der Waals surface area contributed by atoms with Crippen LogP contribution >= 0.6 is 23.1 Å². The van der Waals surface area contributed by atoms with Gasteiger partial charge in [-0.1, -0.05) is 18.2 Å². The molecule has 0 aliphatic heterocycles. The number of rotatable bonds is 9. The fraction of sp³-hybridized carbons (Fsp3) is 0.0769. The van der Waals surface area contributed by atoms with Crippen molar-refractivity contribution in [3.05, 3.63) is 102 Å². The molecule has 0 aliphatic carbocycles. The lowest BCUT2D eigenvalue weighted by Gasteiger charge is -2.12. The van der Waals surface area contributed by atoms with Gasteiger partial charge in [-0.05, 0) is 55.5 Å². The molecular formula is C26H22N4O4S2. The molecule has 4 aromatic rings. The van der Waals surface area contributed by atoms with Gasteiger partial charge in [-0.25, -0.2) is 4.98 Å². The van der Waals surface area contributed by atoms with Gasteiger partial charge in [0, 0.05) is 33.8 Å². The summed E-state index contributed by atoms with van der Waals surface area (Å²) in [7, 11) is 0. The number of carbonyl (C=O) groups is 3. The first-order chi connectivity index (χ1) is 17.5. The fourth-order valence-electron chi connectivity index (χ4n) is 3.02. The summed E-state index contributed by atoms with van der Waals surface area (Å²) in [4.78, 5) is 42.9. The lowest BCUT2D eigenvalue weighted by atomic mass is 10.2. The van der Waals surface area contributed by atoms with Crippen molar-refractivity contribution < 1.29 is 18.8 Å². The van der Waals surface area contributed by atoms with E-state index < -0.39 is 11.8 Å². The molecule has 10 heteroatoms. The highest BCUT2D eigenvalue weighted by Gasteiger charge is 2.17. The Balaban J connectivity index is 1.40. The molecular weight excluding hydrogens is 496 g/mol. The maximum Gasteiger partial charge on any atom is 0.272 e. The number of carbonyl (C=O) groups excluding carboxylic acids is 3. The third kappa shape index (κ3) is 6.94. The first-order valence-electron chi connectivity index (χ1n) is 10.9. The number of anilines is 2. The Morgan fingerprint density at radius 1 is 1.00 bits per heavy atom. The van der Waals surface area contributed by atoms with Crippen LogP contribution in [0, 0.1) is 0 Å². The van der Waals surface area contributed by atoms with E-state index in [1.165, 1.54) is 35.4 Å². The smallest absolute Gasteiger partial charge is 0.272 e. The Kier molecular flexibility index (Phi) is 8.32. The number of amides is 3. The van der Waals surface area contributed by atoms with Gasteiger partial charge in [-0.3, -0.25) is 14.4 Å². The predicted molar refractivity (Wildman–Crippen MR) is 142 cm³/mol. The van der Waals surface area contributed by atoms with E-state index in [0.717, 1.165) is 4.90 Å². The van der Waals surface area contributed by atoms with Gasteiger partial charge in [-0.2, -0.15) is 0 Å². The van der Waals surface area contributed by atoms with E-state index >= 15 is 0 Å². The van der Waals surface area contributed by atoms with Gasteiger partial charge >= 0.3 is 0 Å². The molecule has 2 heterocycles. The van der Waals surface area contributed by atoms with Crippen molar-refractivity contribution in [3.63, 3.8) is 0 Å². The van der Waals surface area contributed by atoms with Crippen LogP contribution in [0.5, 0.6) is 0 Å². The number of hydrogen-bond acceptors (Lipinski definition) is 7. The summed E-state index contributed by atoms with van der Waals surface area (Å²) >= 11 is 2.75. The lowest BCUT2D eigenvalue weighted by molar-refractivity contribution is -0.115. The molecule has 3 amide bonds. The number of thiazole rings is 1. The molecule has 3 N–H and O–H groups in total. The normalized spacial score (nSPS) is 12.0. The van der Waals surface area contributed by atoms with Gasteiger partial charge in [0.05, 0.1) is 11.5 Å². The first-order valence-corrected chi connectivity index (χ1v) is 12.6. The number of nitrogens with one attached hydrogen (secondary N) is 3. The molecule has 2 aromatic heterocycles. The Morgan fingerprint density at radius 2 is 1.78 bits per heavy atom. The molecule has 0 unspecified atom stereocenters. The molecule has 0 saturated carbocycles. The molecule has 0 saturated heterocycles. The molecule has 8 nitrogen and oxygen atoms in total. The zero-order valence-electron chi connectivity index (χ0n) is 19.1. The Hall–Kier alpha value is -4.15. The minimum absolute atomic E-state index is 0.0322. The van der Waals surface area contributed by atoms with E-state index in [1.54, 1.807) is 66.2 Å². The van der Waals surface area contributed by atoms with E-state index in [9.17, 15) is 14.4 Å². The molecule has 0 aliphatic rings. The van der Waals surface area contributed by atoms with E-state index in [2.05, 4.69) is 20.9 Å². The number of aromatic nitrogens is 1. The van der Waals surface area contributed by atoms with Gasteiger partial charge in [0.25, 0.3) is 11.8 Å². The lowest BCUT2D eigenvalue weighted by Crippen LogP contribution is -2.30. The maximum atomic E-state index is 13.0. The van der Waals surface area contributed by atoms with Crippen LogP contribution in [0.4, 0.5) is 10.8 Å². The van der Waals surface area contributed by atoms with Crippen LogP contribution in [0.25, 0.3) is 6.08 Å². The Morgan fingerprint density at radius 3 is 2.44 bits per heavy atom. The van der Waals surface area contributed by atoms with E-state index in [1.807, 2.05) is 19.1 Å². The standard InChI is InChI=1S/C26H22N4O4S2/c1-17(23(31)30-26-27-13-15-35-26)36-21-11-9-19(10-12-21)28-25(33)22(16-20-8-5-14-34-20)29-24(32)18-6-3-2-4-7-18/h2-17H,1H3,(H,28,33)(H,29,32)(H,27,30,31)/b22-16-/t17-/m0/s1. The second kappa shape index (κ2) is 12.0. The molecule has 0 spiro atoms. The highest BCUT2D eigenvalue weighted by molar-refractivity contribution is 8.00. The average Bonchev–Trinajstić information content (AvgIpc) is 3.60. The minimum Gasteiger partial charge on any atom is -0.465 e. The number of thioether (sulfide) groups is 1. The summed E-state index contributed by atoms with van der Waals surface area (Å²) in [6, 6.07) is 19.1. The fourth-order valence-corrected chi connectivity index (χ4v) is 4.42. The largest absolute Gasteiger partial charge is 0.465 e. The van der Waals surface area contributed by atoms with Crippen LogP contribution in [0.3, 0.4) is 0 Å². The van der Waals surface area contributed by atoms with Crippen molar-refractivity contribution in [2.45, 2.75) is 17.1 Å². The number of furan rings is 1.